The number of nitrogens with zero attached hydrogens (tertiary/aromatic N) is 1. The number of aromatic carboxylic acids is 1. The van der Waals surface area contributed by atoms with Crippen molar-refractivity contribution in [1.82, 2.24) is 4.98 Å². The molecule has 0 saturated carbocycles. The number of hydrogen-bond donors (Lipinski definition) is 2. The molecular weight excluding hydrogens is 355 g/mol. The monoisotopic (exact) mass is 368 g/mol. The van der Waals surface area contributed by atoms with Gasteiger partial charge in [-0.25, -0.2) is 14.2 Å². The molecular formula is C16H14ClFN2O5. The molecule has 0 saturated heterocycles. The number of ether oxygens (including phenoxy) is 2. The zero-order valence-corrected chi connectivity index (χ0v) is 14.3. The van der Waals surface area contributed by atoms with E-state index in [1.165, 1.54) is 39.3 Å². The highest BCUT2D eigenvalue weighted by Gasteiger charge is 2.23. The fourth-order valence-corrected chi connectivity index (χ4v) is 2.45. The topological polar surface area (TPSA) is 97.8 Å². The Morgan fingerprint density at radius 1 is 1.24 bits per heavy atom. The summed E-state index contributed by atoms with van der Waals surface area (Å²) in [4.78, 5) is 26.8. The van der Waals surface area contributed by atoms with Crippen molar-refractivity contribution in [2.75, 3.05) is 19.5 Å². The van der Waals surface area contributed by atoms with Gasteiger partial charge in [-0.05, 0) is 18.2 Å². The number of carboxylic acids is 1. The van der Waals surface area contributed by atoms with Crippen LogP contribution in [0.3, 0.4) is 0 Å². The minimum atomic E-state index is -1.40. The molecule has 25 heavy (non-hydrogen) atoms. The number of carbonyl (C=O) groups excluding carboxylic acids is 1. The molecule has 0 radical (unpaired) electrons. The van der Waals surface area contributed by atoms with Crippen molar-refractivity contribution in [3.05, 3.63) is 34.7 Å². The van der Waals surface area contributed by atoms with Crippen LogP contribution in [0.15, 0.2) is 18.2 Å². The molecule has 1 aromatic heterocycles. The number of nitrogens with one attached hydrogen (secondary N) is 1. The Bertz CT molecular complexity index is 857. The number of rotatable bonds is 5. The first-order valence-corrected chi connectivity index (χ1v) is 7.30. The second kappa shape index (κ2) is 7.35. The third-order valence-electron chi connectivity index (χ3n) is 3.22. The molecule has 2 N–H and O–H groups in total. The first kappa shape index (κ1) is 18.5. The molecule has 7 nitrogen and oxygen atoms in total. The van der Waals surface area contributed by atoms with E-state index in [0.717, 1.165) is 0 Å². The van der Waals surface area contributed by atoms with Gasteiger partial charge in [0.1, 0.15) is 0 Å². The Morgan fingerprint density at radius 3 is 2.40 bits per heavy atom. The highest BCUT2D eigenvalue weighted by molar-refractivity contribution is 6.32. The lowest BCUT2D eigenvalue weighted by molar-refractivity contribution is -0.114. The molecule has 0 unspecified atom stereocenters. The molecule has 9 heteroatoms. The number of anilines is 1. The van der Waals surface area contributed by atoms with Crippen molar-refractivity contribution in [2.24, 2.45) is 0 Å². The number of carboxylic acid groups (broad SMARTS) is 1. The molecule has 0 aliphatic rings. The molecule has 1 aromatic carbocycles. The summed E-state index contributed by atoms with van der Waals surface area (Å²) in [5.41, 5.74) is -0.504. The summed E-state index contributed by atoms with van der Waals surface area (Å²) in [5.74, 6) is -3.01. The van der Waals surface area contributed by atoms with E-state index < -0.39 is 23.4 Å². The van der Waals surface area contributed by atoms with Gasteiger partial charge < -0.3 is 19.9 Å². The molecule has 2 rings (SSSR count). The number of amides is 1. The summed E-state index contributed by atoms with van der Waals surface area (Å²) in [6.45, 7) is 1.24. The van der Waals surface area contributed by atoms with Crippen molar-refractivity contribution >= 4 is 29.2 Å². The molecule has 2 aromatic rings. The van der Waals surface area contributed by atoms with Crippen LogP contribution in [0.5, 0.6) is 11.5 Å². The van der Waals surface area contributed by atoms with Crippen LogP contribution in [0.4, 0.5) is 10.1 Å². The quantitative estimate of drug-likeness (QED) is 0.841. The van der Waals surface area contributed by atoms with E-state index in [0.29, 0.717) is 0 Å². The Morgan fingerprint density at radius 2 is 1.88 bits per heavy atom. The van der Waals surface area contributed by atoms with E-state index in [1.807, 2.05) is 0 Å². The minimum absolute atomic E-state index is 0.0329. The maximum Gasteiger partial charge on any atom is 0.358 e. The number of pyridine rings is 1. The predicted molar refractivity (Wildman–Crippen MR) is 89.0 cm³/mol. The molecule has 132 valence electrons. The second-order valence-corrected chi connectivity index (χ2v) is 5.27. The van der Waals surface area contributed by atoms with E-state index in [4.69, 9.17) is 21.1 Å². The fourth-order valence-electron chi connectivity index (χ4n) is 2.22. The average Bonchev–Trinajstić information content (AvgIpc) is 2.54. The lowest BCUT2D eigenvalue weighted by Gasteiger charge is -2.14. The van der Waals surface area contributed by atoms with Crippen LogP contribution in [-0.2, 0) is 4.79 Å². The van der Waals surface area contributed by atoms with Gasteiger partial charge in [-0.2, -0.15) is 0 Å². The Balaban J connectivity index is 2.76. The molecule has 0 spiro atoms. The highest BCUT2D eigenvalue weighted by atomic mass is 35.5. The van der Waals surface area contributed by atoms with Gasteiger partial charge >= 0.3 is 5.97 Å². The van der Waals surface area contributed by atoms with E-state index in [1.54, 1.807) is 0 Å². The number of aromatic nitrogens is 1. The largest absolute Gasteiger partial charge is 0.492 e. The van der Waals surface area contributed by atoms with Crippen molar-refractivity contribution in [3.63, 3.8) is 0 Å². The maximum atomic E-state index is 14.6. The summed E-state index contributed by atoms with van der Waals surface area (Å²) in [6, 6.07) is 4.03. The zero-order valence-electron chi connectivity index (χ0n) is 13.5. The van der Waals surface area contributed by atoms with Crippen LogP contribution in [0.1, 0.15) is 17.4 Å². The van der Waals surface area contributed by atoms with E-state index in [2.05, 4.69) is 10.3 Å². The van der Waals surface area contributed by atoms with Crippen molar-refractivity contribution in [3.8, 4) is 22.8 Å². The first-order chi connectivity index (χ1) is 11.8. The zero-order chi connectivity index (χ0) is 18.7. The number of halogens is 2. The van der Waals surface area contributed by atoms with E-state index >= 15 is 0 Å². The van der Waals surface area contributed by atoms with Gasteiger partial charge in [-0.3, -0.25) is 4.79 Å². The predicted octanol–water partition coefficient (Wildman–Crippen LogP) is 3.21. The summed E-state index contributed by atoms with van der Waals surface area (Å²) in [6.07, 6.45) is 0. The summed E-state index contributed by atoms with van der Waals surface area (Å²) < 4.78 is 24.5. The molecule has 0 atom stereocenters. The van der Waals surface area contributed by atoms with Gasteiger partial charge in [0.15, 0.2) is 23.0 Å². The number of benzene rings is 1. The molecule has 0 bridgehead atoms. The number of carbonyl (C=O) groups is 2. The Hall–Kier alpha value is -2.87. The number of hydrogen-bond acceptors (Lipinski definition) is 5. The van der Waals surface area contributed by atoms with Crippen molar-refractivity contribution in [1.29, 1.82) is 0 Å². The van der Waals surface area contributed by atoms with Crippen LogP contribution in [0.25, 0.3) is 11.3 Å². The van der Waals surface area contributed by atoms with Gasteiger partial charge in [-0.15, -0.1) is 0 Å². The minimum Gasteiger partial charge on any atom is -0.492 e. The van der Waals surface area contributed by atoms with E-state index in [9.17, 15) is 19.1 Å². The van der Waals surface area contributed by atoms with Crippen molar-refractivity contribution < 1.29 is 28.6 Å². The Labute approximate surface area is 147 Å². The van der Waals surface area contributed by atoms with E-state index in [-0.39, 0.29) is 33.5 Å². The van der Waals surface area contributed by atoms with Crippen LogP contribution in [-0.4, -0.2) is 36.2 Å². The molecule has 1 amide bonds. The van der Waals surface area contributed by atoms with Gasteiger partial charge in [0.25, 0.3) is 0 Å². The normalized spacial score (nSPS) is 10.3. The van der Waals surface area contributed by atoms with Crippen LogP contribution < -0.4 is 14.8 Å². The second-order valence-electron chi connectivity index (χ2n) is 4.87. The van der Waals surface area contributed by atoms with Gasteiger partial charge in [0.2, 0.25) is 5.91 Å². The smallest absolute Gasteiger partial charge is 0.358 e. The SMILES string of the molecule is COc1c(NC(C)=O)cc(-c2ccc(Cl)c(OC)c2F)nc1C(=O)O. The molecule has 0 fully saturated rings. The number of methoxy groups -OCH3 is 2. The van der Waals surface area contributed by atoms with Crippen LogP contribution in [0.2, 0.25) is 5.02 Å². The van der Waals surface area contributed by atoms with Gasteiger partial charge in [-0.1, -0.05) is 11.6 Å². The lowest BCUT2D eigenvalue weighted by atomic mass is 10.1. The summed E-state index contributed by atoms with van der Waals surface area (Å²) in [5, 5.41) is 11.8. The lowest BCUT2D eigenvalue weighted by Crippen LogP contribution is -2.12. The fraction of sp³-hybridized carbons (Fsp3) is 0.188. The molecule has 1 heterocycles. The highest BCUT2D eigenvalue weighted by Crippen LogP contribution is 2.37. The van der Waals surface area contributed by atoms with Crippen LogP contribution in [0, 0.1) is 5.82 Å². The molecule has 0 aliphatic carbocycles. The Kier molecular flexibility index (Phi) is 5.43. The van der Waals surface area contributed by atoms with Crippen molar-refractivity contribution in [2.45, 2.75) is 6.92 Å². The molecule has 0 aliphatic heterocycles. The van der Waals surface area contributed by atoms with Gasteiger partial charge in [0, 0.05) is 12.5 Å². The van der Waals surface area contributed by atoms with Crippen LogP contribution >= 0.6 is 11.6 Å². The average molecular weight is 369 g/mol. The third kappa shape index (κ3) is 3.63. The standard InChI is InChI=1S/C16H14ClFN2O5/c1-7(21)19-11-6-10(20-13(16(22)23)15(11)25-3)8-4-5-9(17)14(24-2)12(8)18/h4-6H,1-3H3,(H,22,23)(H,19,20,21). The summed E-state index contributed by atoms with van der Waals surface area (Å²) >= 11 is 5.86. The van der Waals surface area contributed by atoms with Gasteiger partial charge in [0.05, 0.1) is 30.6 Å². The third-order valence-corrected chi connectivity index (χ3v) is 3.52. The maximum absolute atomic E-state index is 14.6. The summed E-state index contributed by atoms with van der Waals surface area (Å²) in [7, 11) is 2.49. The first-order valence-electron chi connectivity index (χ1n) is 6.92.